The summed E-state index contributed by atoms with van der Waals surface area (Å²) >= 11 is 0. The lowest BCUT2D eigenvalue weighted by atomic mass is 10.0. The zero-order chi connectivity index (χ0) is 14.5. The van der Waals surface area contributed by atoms with E-state index >= 15 is 0 Å². The summed E-state index contributed by atoms with van der Waals surface area (Å²) in [6, 6.07) is 12.3. The van der Waals surface area contributed by atoms with Crippen molar-refractivity contribution < 1.29 is 19.0 Å². The summed E-state index contributed by atoms with van der Waals surface area (Å²) < 4.78 is 15.8. The summed E-state index contributed by atoms with van der Waals surface area (Å²) in [7, 11) is 4.58. The third kappa shape index (κ3) is 2.45. The maximum atomic E-state index is 12.7. The summed E-state index contributed by atoms with van der Waals surface area (Å²) in [5.74, 6) is 1.27. The van der Waals surface area contributed by atoms with Crippen molar-refractivity contribution >= 4 is 5.78 Å². The molecule has 4 nitrogen and oxygen atoms in total. The Kier molecular flexibility index (Phi) is 4.25. The number of ether oxygens (including phenoxy) is 3. The van der Waals surface area contributed by atoms with Gasteiger partial charge in [0.25, 0.3) is 0 Å². The van der Waals surface area contributed by atoms with E-state index in [0.29, 0.717) is 28.4 Å². The predicted octanol–water partition coefficient (Wildman–Crippen LogP) is 2.94. The lowest BCUT2D eigenvalue weighted by molar-refractivity contribution is 0.103. The van der Waals surface area contributed by atoms with Gasteiger partial charge < -0.3 is 14.2 Å². The molecule has 104 valence electrons. The highest BCUT2D eigenvalue weighted by Crippen LogP contribution is 2.32. The van der Waals surface area contributed by atoms with Crippen LogP contribution in [0.15, 0.2) is 42.5 Å². The summed E-state index contributed by atoms with van der Waals surface area (Å²) in [6.07, 6.45) is 0. The van der Waals surface area contributed by atoms with Crippen LogP contribution in [0, 0.1) is 0 Å². The fourth-order valence-corrected chi connectivity index (χ4v) is 2.04. The molecule has 0 N–H and O–H groups in total. The average Bonchev–Trinajstić information content (AvgIpc) is 2.53. The van der Waals surface area contributed by atoms with Crippen LogP contribution in [0.4, 0.5) is 0 Å². The van der Waals surface area contributed by atoms with Crippen molar-refractivity contribution in [3.63, 3.8) is 0 Å². The maximum absolute atomic E-state index is 12.7. The Balaban J connectivity index is 2.58. The highest BCUT2D eigenvalue weighted by molar-refractivity contribution is 6.14. The summed E-state index contributed by atoms with van der Waals surface area (Å²) in [5, 5.41) is 0. The number of carbonyl (C=O) groups excluding carboxylic acids is 1. The molecule has 0 heterocycles. The molecule has 0 aliphatic rings. The molecule has 0 unspecified atom stereocenters. The molecule has 20 heavy (non-hydrogen) atoms. The van der Waals surface area contributed by atoms with E-state index in [2.05, 4.69) is 0 Å². The lowest BCUT2D eigenvalue weighted by Crippen LogP contribution is -2.08. The third-order valence-electron chi connectivity index (χ3n) is 3.01. The standard InChI is InChI=1S/C16H16O4/c1-18-12-8-5-4-7-11(12)16(17)15-13(19-2)9-6-10-14(15)20-3/h4-10H,1-3H3. The van der Waals surface area contributed by atoms with Crippen molar-refractivity contribution in [3.05, 3.63) is 53.6 Å². The molecule has 0 aliphatic carbocycles. The van der Waals surface area contributed by atoms with Gasteiger partial charge in [-0.25, -0.2) is 0 Å². The fraction of sp³-hybridized carbons (Fsp3) is 0.188. The van der Waals surface area contributed by atoms with Crippen LogP contribution in [0.2, 0.25) is 0 Å². The Hall–Kier alpha value is -2.49. The number of carbonyl (C=O) groups is 1. The smallest absolute Gasteiger partial charge is 0.204 e. The van der Waals surface area contributed by atoms with Gasteiger partial charge in [0.1, 0.15) is 22.8 Å². The summed E-state index contributed by atoms with van der Waals surface area (Å²) in [5.41, 5.74) is 0.861. The second-order valence-corrected chi connectivity index (χ2v) is 4.07. The first-order valence-corrected chi connectivity index (χ1v) is 6.11. The van der Waals surface area contributed by atoms with Gasteiger partial charge in [-0.1, -0.05) is 18.2 Å². The van der Waals surface area contributed by atoms with Crippen molar-refractivity contribution in [3.8, 4) is 17.2 Å². The molecular weight excluding hydrogens is 256 g/mol. The first-order chi connectivity index (χ1) is 9.72. The van der Waals surface area contributed by atoms with Crippen LogP contribution in [0.25, 0.3) is 0 Å². The van der Waals surface area contributed by atoms with Crippen LogP contribution in [-0.4, -0.2) is 27.1 Å². The van der Waals surface area contributed by atoms with E-state index in [1.165, 1.54) is 21.3 Å². The van der Waals surface area contributed by atoms with E-state index in [1.54, 1.807) is 36.4 Å². The van der Waals surface area contributed by atoms with Gasteiger partial charge in [-0.15, -0.1) is 0 Å². The first kappa shape index (κ1) is 13.9. The van der Waals surface area contributed by atoms with Gasteiger partial charge in [0.15, 0.2) is 0 Å². The molecule has 2 aromatic rings. The van der Waals surface area contributed by atoms with E-state index in [-0.39, 0.29) is 5.78 Å². The minimum absolute atomic E-state index is 0.197. The molecule has 0 aliphatic heterocycles. The second kappa shape index (κ2) is 6.10. The van der Waals surface area contributed by atoms with Gasteiger partial charge in [-0.05, 0) is 24.3 Å². The van der Waals surface area contributed by atoms with Gasteiger partial charge in [0.05, 0.1) is 26.9 Å². The average molecular weight is 272 g/mol. The zero-order valence-corrected chi connectivity index (χ0v) is 11.7. The Morgan fingerprint density at radius 3 is 1.80 bits per heavy atom. The molecule has 0 spiro atoms. The van der Waals surface area contributed by atoms with E-state index in [1.807, 2.05) is 6.07 Å². The number of benzene rings is 2. The van der Waals surface area contributed by atoms with E-state index < -0.39 is 0 Å². The van der Waals surface area contributed by atoms with Crippen LogP contribution in [0.3, 0.4) is 0 Å². The molecule has 0 aromatic heterocycles. The summed E-state index contributed by atoms with van der Waals surface area (Å²) in [6.45, 7) is 0. The number of ketones is 1. The number of rotatable bonds is 5. The van der Waals surface area contributed by atoms with Crippen molar-refractivity contribution in [2.75, 3.05) is 21.3 Å². The summed E-state index contributed by atoms with van der Waals surface area (Å²) in [4.78, 5) is 12.7. The van der Waals surface area contributed by atoms with Crippen LogP contribution < -0.4 is 14.2 Å². The SMILES string of the molecule is COc1ccccc1C(=O)c1c(OC)cccc1OC. The van der Waals surface area contributed by atoms with Gasteiger partial charge >= 0.3 is 0 Å². The van der Waals surface area contributed by atoms with E-state index in [0.717, 1.165) is 0 Å². The molecule has 4 heteroatoms. The molecule has 0 amide bonds. The Labute approximate surface area is 117 Å². The van der Waals surface area contributed by atoms with Crippen LogP contribution in [0.1, 0.15) is 15.9 Å². The van der Waals surface area contributed by atoms with Crippen molar-refractivity contribution in [2.45, 2.75) is 0 Å². The number of hydrogen-bond acceptors (Lipinski definition) is 4. The van der Waals surface area contributed by atoms with Crippen LogP contribution in [-0.2, 0) is 0 Å². The van der Waals surface area contributed by atoms with E-state index in [4.69, 9.17) is 14.2 Å². The Morgan fingerprint density at radius 2 is 1.25 bits per heavy atom. The monoisotopic (exact) mass is 272 g/mol. The third-order valence-corrected chi connectivity index (χ3v) is 3.01. The molecule has 0 radical (unpaired) electrons. The lowest BCUT2D eigenvalue weighted by Gasteiger charge is -2.13. The van der Waals surface area contributed by atoms with Crippen LogP contribution >= 0.6 is 0 Å². The minimum atomic E-state index is -0.197. The molecule has 0 saturated carbocycles. The number of hydrogen-bond donors (Lipinski definition) is 0. The van der Waals surface area contributed by atoms with Crippen molar-refractivity contribution in [1.82, 2.24) is 0 Å². The molecule has 0 fully saturated rings. The highest BCUT2D eigenvalue weighted by Gasteiger charge is 2.22. The Morgan fingerprint density at radius 1 is 0.750 bits per heavy atom. The van der Waals surface area contributed by atoms with Gasteiger partial charge in [-0.3, -0.25) is 4.79 Å². The van der Waals surface area contributed by atoms with E-state index in [9.17, 15) is 4.79 Å². The number of methoxy groups -OCH3 is 3. The minimum Gasteiger partial charge on any atom is -0.496 e. The highest BCUT2D eigenvalue weighted by atomic mass is 16.5. The van der Waals surface area contributed by atoms with Gasteiger partial charge in [0, 0.05) is 0 Å². The largest absolute Gasteiger partial charge is 0.496 e. The topological polar surface area (TPSA) is 44.8 Å². The molecule has 0 saturated heterocycles. The second-order valence-electron chi connectivity index (χ2n) is 4.07. The van der Waals surface area contributed by atoms with Crippen molar-refractivity contribution in [2.24, 2.45) is 0 Å². The Bertz CT molecular complexity index is 597. The van der Waals surface area contributed by atoms with Crippen LogP contribution in [0.5, 0.6) is 17.2 Å². The fourth-order valence-electron chi connectivity index (χ4n) is 2.04. The molecule has 0 atom stereocenters. The predicted molar refractivity (Wildman–Crippen MR) is 76.0 cm³/mol. The zero-order valence-electron chi connectivity index (χ0n) is 11.7. The van der Waals surface area contributed by atoms with Crippen molar-refractivity contribution in [1.29, 1.82) is 0 Å². The molecule has 2 rings (SSSR count). The quantitative estimate of drug-likeness (QED) is 0.785. The van der Waals surface area contributed by atoms with Gasteiger partial charge in [0.2, 0.25) is 5.78 Å². The molecule has 0 bridgehead atoms. The molecule has 2 aromatic carbocycles. The number of para-hydroxylation sites is 1. The maximum Gasteiger partial charge on any atom is 0.204 e. The molecular formula is C16H16O4. The first-order valence-electron chi connectivity index (χ1n) is 6.11. The normalized spacial score (nSPS) is 9.95. The van der Waals surface area contributed by atoms with Gasteiger partial charge in [-0.2, -0.15) is 0 Å².